The first-order chi connectivity index (χ1) is 5.91. The second-order valence-electron chi connectivity index (χ2n) is 2.98. The van der Waals surface area contributed by atoms with E-state index in [0.29, 0.717) is 0 Å². The Balaban J connectivity index is 4.42. The Morgan fingerprint density at radius 2 is 1.54 bits per heavy atom. The summed E-state index contributed by atoms with van der Waals surface area (Å²) in [6.45, 7) is 4.25. The summed E-state index contributed by atoms with van der Waals surface area (Å²) < 4.78 is 4.39. The van der Waals surface area contributed by atoms with Crippen molar-refractivity contribution >= 4 is 17.5 Å². The van der Waals surface area contributed by atoms with Crippen molar-refractivity contribution in [2.45, 2.75) is 20.8 Å². The Bertz CT molecular complexity index is 232. The molecular weight excluding hydrogens is 172 g/mol. The predicted molar refractivity (Wildman–Crippen MR) is 46.0 cm³/mol. The molecule has 2 unspecified atom stereocenters. The van der Waals surface area contributed by atoms with E-state index in [2.05, 4.69) is 4.74 Å². The topological polar surface area (TPSA) is 60.4 Å². The largest absolute Gasteiger partial charge is 0.468 e. The van der Waals surface area contributed by atoms with Crippen molar-refractivity contribution < 1.29 is 19.1 Å². The van der Waals surface area contributed by atoms with Gasteiger partial charge in [0.2, 0.25) is 0 Å². The fraction of sp³-hybridized carbons (Fsp3) is 0.667. The fourth-order valence-corrected chi connectivity index (χ4v) is 0.868. The van der Waals surface area contributed by atoms with E-state index in [1.165, 1.54) is 27.9 Å². The average molecular weight is 186 g/mol. The van der Waals surface area contributed by atoms with Gasteiger partial charge in [0.1, 0.15) is 11.7 Å². The molecule has 0 radical (unpaired) electrons. The number of methoxy groups -OCH3 is 1. The van der Waals surface area contributed by atoms with Gasteiger partial charge in [0.25, 0.3) is 0 Å². The van der Waals surface area contributed by atoms with Crippen LogP contribution in [0.2, 0.25) is 0 Å². The molecule has 0 aromatic rings. The number of carbonyl (C=O) groups is 3. The monoisotopic (exact) mass is 186 g/mol. The van der Waals surface area contributed by atoms with E-state index in [1.54, 1.807) is 0 Å². The van der Waals surface area contributed by atoms with Crippen molar-refractivity contribution in [1.82, 2.24) is 0 Å². The third-order valence-electron chi connectivity index (χ3n) is 2.02. The van der Waals surface area contributed by atoms with Crippen LogP contribution in [0.1, 0.15) is 20.8 Å². The van der Waals surface area contributed by atoms with E-state index in [-0.39, 0.29) is 11.6 Å². The summed E-state index contributed by atoms with van der Waals surface area (Å²) in [7, 11) is 1.21. The lowest BCUT2D eigenvalue weighted by atomic mass is 9.93. The molecule has 4 heteroatoms. The van der Waals surface area contributed by atoms with Crippen LogP contribution in [0.4, 0.5) is 0 Å². The molecule has 0 N–H and O–H groups in total. The van der Waals surface area contributed by atoms with Crippen LogP contribution >= 0.6 is 0 Å². The van der Waals surface area contributed by atoms with Gasteiger partial charge in [-0.25, -0.2) is 0 Å². The molecule has 0 aliphatic rings. The lowest BCUT2D eigenvalue weighted by Gasteiger charge is -2.11. The first-order valence-corrected chi connectivity index (χ1v) is 4.03. The molecule has 2 atom stereocenters. The molecule has 74 valence electrons. The van der Waals surface area contributed by atoms with Gasteiger partial charge in [-0.05, 0) is 20.8 Å². The summed E-state index contributed by atoms with van der Waals surface area (Å²) in [5, 5.41) is 0. The van der Waals surface area contributed by atoms with Crippen LogP contribution in [0.15, 0.2) is 0 Å². The summed E-state index contributed by atoms with van der Waals surface area (Å²) in [6, 6.07) is 0. The Morgan fingerprint density at radius 3 is 1.85 bits per heavy atom. The van der Waals surface area contributed by atoms with Crippen LogP contribution in [-0.2, 0) is 19.1 Å². The van der Waals surface area contributed by atoms with Crippen LogP contribution in [0.5, 0.6) is 0 Å². The molecule has 0 rings (SSSR count). The van der Waals surface area contributed by atoms with Crippen LogP contribution in [0.3, 0.4) is 0 Å². The third kappa shape index (κ3) is 2.97. The Labute approximate surface area is 77.3 Å². The first kappa shape index (κ1) is 11.8. The fourth-order valence-electron chi connectivity index (χ4n) is 0.868. The van der Waals surface area contributed by atoms with Crippen LogP contribution in [0, 0.1) is 11.8 Å². The molecule has 0 fully saturated rings. The zero-order valence-electron chi connectivity index (χ0n) is 8.29. The number of carbonyl (C=O) groups excluding carboxylic acids is 3. The van der Waals surface area contributed by atoms with Crippen LogP contribution < -0.4 is 0 Å². The highest BCUT2D eigenvalue weighted by Crippen LogP contribution is 2.09. The smallest absolute Gasteiger partial charge is 0.315 e. The Hall–Kier alpha value is -1.19. The van der Waals surface area contributed by atoms with Crippen molar-refractivity contribution in [1.29, 1.82) is 0 Å². The van der Waals surface area contributed by atoms with Crippen LogP contribution in [0.25, 0.3) is 0 Å². The van der Waals surface area contributed by atoms with Gasteiger partial charge < -0.3 is 4.74 Å². The lowest BCUT2D eigenvalue weighted by molar-refractivity contribution is -0.150. The summed E-state index contributed by atoms with van der Waals surface area (Å²) in [5.41, 5.74) is 0. The molecule has 0 aromatic heterocycles. The maximum Gasteiger partial charge on any atom is 0.315 e. The standard InChI is InChI=1S/C9H14O4/c1-5(7(3)10)8(11)6(2)9(12)13-4/h5-6H,1-4H3. The molecule has 0 heterocycles. The first-order valence-electron chi connectivity index (χ1n) is 4.03. The van der Waals surface area contributed by atoms with Gasteiger partial charge in [-0.3, -0.25) is 14.4 Å². The van der Waals surface area contributed by atoms with Gasteiger partial charge in [0.15, 0.2) is 5.78 Å². The molecule has 4 nitrogen and oxygen atoms in total. The second kappa shape index (κ2) is 4.74. The zero-order chi connectivity index (χ0) is 10.6. The number of rotatable bonds is 4. The molecule has 0 bridgehead atoms. The van der Waals surface area contributed by atoms with Gasteiger partial charge >= 0.3 is 5.97 Å². The quantitative estimate of drug-likeness (QED) is 0.476. The van der Waals surface area contributed by atoms with E-state index in [1.807, 2.05) is 0 Å². The predicted octanol–water partition coefficient (Wildman–Crippen LogP) is 0.590. The number of esters is 1. The molecule has 0 aliphatic carbocycles. The molecule has 0 saturated heterocycles. The molecule has 0 amide bonds. The number of ether oxygens (including phenoxy) is 1. The lowest BCUT2D eigenvalue weighted by Crippen LogP contribution is -2.30. The summed E-state index contributed by atoms with van der Waals surface area (Å²) in [4.78, 5) is 33.1. The van der Waals surface area contributed by atoms with Crippen molar-refractivity contribution in [2.24, 2.45) is 11.8 Å². The number of hydrogen-bond acceptors (Lipinski definition) is 4. The van der Waals surface area contributed by atoms with E-state index < -0.39 is 17.8 Å². The van der Waals surface area contributed by atoms with Crippen molar-refractivity contribution in [2.75, 3.05) is 7.11 Å². The minimum atomic E-state index is -0.858. The third-order valence-corrected chi connectivity index (χ3v) is 2.02. The molecule has 0 aliphatic heterocycles. The van der Waals surface area contributed by atoms with Gasteiger partial charge in [-0.15, -0.1) is 0 Å². The maximum absolute atomic E-state index is 11.4. The molecule has 13 heavy (non-hydrogen) atoms. The highest BCUT2D eigenvalue weighted by Gasteiger charge is 2.28. The summed E-state index contributed by atoms with van der Waals surface area (Å²) in [6.07, 6.45) is 0. The number of Topliss-reactive ketones (excluding diaryl/α,β-unsaturated/α-hetero) is 2. The molecule has 0 aromatic carbocycles. The van der Waals surface area contributed by atoms with Gasteiger partial charge in [0.05, 0.1) is 13.0 Å². The zero-order valence-corrected chi connectivity index (χ0v) is 8.29. The molecule has 0 spiro atoms. The highest BCUT2D eigenvalue weighted by molar-refractivity contribution is 6.08. The minimum absolute atomic E-state index is 0.235. The van der Waals surface area contributed by atoms with Crippen molar-refractivity contribution in [3.8, 4) is 0 Å². The van der Waals surface area contributed by atoms with E-state index in [4.69, 9.17) is 0 Å². The Kier molecular flexibility index (Phi) is 4.31. The van der Waals surface area contributed by atoms with Gasteiger partial charge in [0, 0.05) is 0 Å². The second-order valence-corrected chi connectivity index (χ2v) is 2.98. The van der Waals surface area contributed by atoms with E-state index in [9.17, 15) is 14.4 Å². The van der Waals surface area contributed by atoms with Gasteiger partial charge in [-0.1, -0.05) is 0 Å². The van der Waals surface area contributed by atoms with Crippen LogP contribution in [-0.4, -0.2) is 24.6 Å². The van der Waals surface area contributed by atoms with E-state index in [0.717, 1.165) is 0 Å². The van der Waals surface area contributed by atoms with E-state index >= 15 is 0 Å². The van der Waals surface area contributed by atoms with Crippen molar-refractivity contribution in [3.63, 3.8) is 0 Å². The number of ketones is 2. The normalized spacial score (nSPS) is 14.5. The maximum atomic E-state index is 11.4. The summed E-state index contributed by atoms with van der Waals surface area (Å²) >= 11 is 0. The SMILES string of the molecule is COC(=O)C(C)C(=O)C(C)C(C)=O. The average Bonchev–Trinajstić information content (AvgIpc) is 2.12. The summed E-state index contributed by atoms with van der Waals surface area (Å²) in [5.74, 6) is -2.81. The molecular formula is C9H14O4. The Morgan fingerprint density at radius 1 is 1.08 bits per heavy atom. The van der Waals surface area contributed by atoms with Gasteiger partial charge in [-0.2, -0.15) is 0 Å². The highest BCUT2D eigenvalue weighted by atomic mass is 16.5. The minimum Gasteiger partial charge on any atom is -0.468 e. The van der Waals surface area contributed by atoms with Crippen molar-refractivity contribution in [3.05, 3.63) is 0 Å². The molecule has 0 saturated carbocycles. The number of hydrogen-bond donors (Lipinski definition) is 0.